The minimum Gasteiger partial charge on any atom is -0.376 e. The monoisotopic (exact) mass is 374 g/mol. The molecule has 0 unspecified atom stereocenters. The van der Waals surface area contributed by atoms with Crippen molar-refractivity contribution in [1.82, 2.24) is 10.0 Å². The molecule has 2 aromatic rings. The quantitative estimate of drug-likeness (QED) is 0.824. The predicted molar refractivity (Wildman–Crippen MR) is 99.2 cm³/mol. The Bertz CT molecular complexity index is 943. The van der Waals surface area contributed by atoms with Gasteiger partial charge >= 0.3 is 0 Å². The predicted octanol–water partition coefficient (Wildman–Crippen LogP) is 1.20. The summed E-state index contributed by atoms with van der Waals surface area (Å²) in [5.74, 6) is 0.0748. The van der Waals surface area contributed by atoms with E-state index >= 15 is 0 Å². The van der Waals surface area contributed by atoms with E-state index in [0.29, 0.717) is 6.61 Å². The van der Waals surface area contributed by atoms with Gasteiger partial charge in [0.05, 0.1) is 30.9 Å². The zero-order chi connectivity index (χ0) is 18.3. The number of carbonyl (C=O) groups excluding carboxylic acids is 1. The van der Waals surface area contributed by atoms with Crippen LogP contribution in [0.5, 0.6) is 0 Å². The van der Waals surface area contributed by atoms with Crippen LogP contribution in [-0.2, 0) is 26.0 Å². The summed E-state index contributed by atoms with van der Waals surface area (Å²) in [6.45, 7) is 0.605. The average Bonchev–Trinajstić information content (AvgIpc) is 3.02. The summed E-state index contributed by atoms with van der Waals surface area (Å²) in [6, 6.07) is 13.4. The van der Waals surface area contributed by atoms with Crippen LogP contribution in [0.25, 0.3) is 10.8 Å². The molecular formula is C19H22N2O4S. The van der Waals surface area contributed by atoms with Gasteiger partial charge in [-0.1, -0.05) is 42.5 Å². The minimum atomic E-state index is -3.36. The van der Waals surface area contributed by atoms with Gasteiger partial charge in [-0.2, -0.15) is 0 Å². The molecule has 6 nitrogen and oxygen atoms in total. The van der Waals surface area contributed by atoms with Gasteiger partial charge in [0.1, 0.15) is 0 Å². The molecule has 7 heteroatoms. The highest BCUT2D eigenvalue weighted by molar-refractivity contribution is 7.88. The summed E-state index contributed by atoms with van der Waals surface area (Å²) in [5.41, 5.74) is 0.937. The highest BCUT2D eigenvalue weighted by Crippen LogP contribution is 2.39. The SMILES string of the molecule is CS(=O)(=O)N[C@H]1[C@H](NC(=O)Cc2ccc3ccccc3c2)[C@@H]2CCO[C@@H]21. The van der Waals surface area contributed by atoms with Crippen molar-refractivity contribution in [3.05, 3.63) is 48.0 Å². The second-order valence-corrected chi connectivity index (χ2v) is 8.94. The lowest BCUT2D eigenvalue weighted by atomic mass is 9.72. The number of sulfonamides is 1. The molecule has 1 saturated carbocycles. The summed E-state index contributed by atoms with van der Waals surface area (Å²) in [4.78, 5) is 12.5. The van der Waals surface area contributed by atoms with Gasteiger partial charge < -0.3 is 10.1 Å². The van der Waals surface area contributed by atoms with Crippen molar-refractivity contribution in [2.24, 2.45) is 5.92 Å². The van der Waals surface area contributed by atoms with E-state index in [0.717, 1.165) is 29.0 Å². The molecule has 0 radical (unpaired) electrons. The topological polar surface area (TPSA) is 84.5 Å². The van der Waals surface area contributed by atoms with Crippen LogP contribution in [0, 0.1) is 5.92 Å². The van der Waals surface area contributed by atoms with Crippen LogP contribution in [0.1, 0.15) is 12.0 Å². The van der Waals surface area contributed by atoms with Crippen LogP contribution < -0.4 is 10.0 Å². The Hall–Kier alpha value is -1.96. The Balaban J connectivity index is 1.44. The molecule has 26 heavy (non-hydrogen) atoms. The fraction of sp³-hybridized carbons (Fsp3) is 0.421. The van der Waals surface area contributed by atoms with Gasteiger partial charge in [-0.3, -0.25) is 4.79 Å². The molecule has 2 aromatic carbocycles. The molecule has 4 rings (SSSR count). The largest absolute Gasteiger partial charge is 0.376 e. The second-order valence-electron chi connectivity index (χ2n) is 7.16. The lowest BCUT2D eigenvalue weighted by molar-refractivity contribution is -0.124. The number of rotatable bonds is 5. The van der Waals surface area contributed by atoms with Crippen molar-refractivity contribution in [3.63, 3.8) is 0 Å². The number of nitrogens with one attached hydrogen (secondary N) is 2. The number of ether oxygens (including phenoxy) is 1. The van der Waals surface area contributed by atoms with E-state index in [1.54, 1.807) is 0 Å². The summed E-state index contributed by atoms with van der Waals surface area (Å²) in [7, 11) is -3.36. The maximum atomic E-state index is 12.5. The Morgan fingerprint density at radius 3 is 2.69 bits per heavy atom. The van der Waals surface area contributed by atoms with Crippen LogP contribution in [0.15, 0.2) is 42.5 Å². The molecule has 0 bridgehead atoms. The number of amides is 1. The third kappa shape index (κ3) is 3.47. The summed E-state index contributed by atoms with van der Waals surface area (Å²) in [6.07, 6.45) is 2.10. The maximum absolute atomic E-state index is 12.5. The van der Waals surface area contributed by atoms with E-state index in [2.05, 4.69) is 10.0 Å². The van der Waals surface area contributed by atoms with Crippen LogP contribution in [0.2, 0.25) is 0 Å². The molecular weight excluding hydrogens is 352 g/mol. The van der Waals surface area contributed by atoms with Crippen molar-refractivity contribution in [2.75, 3.05) is 12.9 Å². The third-order valence-corrected chi connectivity index (χ3v) is 5.94. The van der Waals surface area contributed by atoms with Crippen molar-refractivity contribution in [2.45, 2.75) is 31.0 Å². The zero-order valence-corrected chi connectivity index (χ0v) is 15.3. The number of fused-ring (bicyclic) bond motifs is 2. The molecule has 1 aliphatic carbocycles. The third-order valence-electron chi connectivity index (χ3n) is 5.24. The van der Waals surface area contributed by atoms with Crippen LogP contribution in [-0.4, -0.2) is 45.4 Å². The molecule has 1 heterocycles. The molecule has 1 aliphatic heterocycles. The van der Waals surface area contributed by atoms with Gasteiger partial charge in [0.2, 0.25) is 15.9 Å². The van der Waals surface area contributed by atoms with Gasteiger partial charge in [0.25, 0.3) is 0 Å². The molecule has 1 saturated heterocycles. The fourth-order valence-electron chi connectivity index (χ4n) is 4.06. The van der Waals surface area contributed by atoms with Gasteiger partial charge in [-0.15, -0.1) is 0 Å². The number of carbonyl (C=O) groups is 1. The normalized spacial score (nSPS) is 27.7. The Kier molecular flexibility index (Phi) is 4.46. The summed E-state index contributed by atoms with van der Waals surface area (Å²) in [5, 5.41) is 5.25. The Morgan fingerprint density at radius 1 is 1.15 bits per heavy atom. The van der Waals surface area contributed by atoms with Gasteiger partial charge in [0, 0.05) is 12.5 Å². The fourth-order valence-corrected chi connectivity index (χ4v) is 4.84. The minimum absolute atomic E-state index is 0.101. The van der Waals surface area contributed by atoms with Gasteiger partial charge in [0.15, 0.2) is 0 Å². The first-order chi connectivity index (χ1) is 12.4. The first-order valence-electron chi connectivity index (χ1n) is 8.77. The molecule has 2 fully saturated rings. The molecule has 4 atom stereocenters. The Labute approximate surface area is 153 Å². The first-order valence-corrected chi connectivity index (χ1v) is 10.7. The molecule has 2 aliphatic rings. The Morgan fingerprint density at radius 2 is 1.92 bits per heavy atom. The van der Waals surface area contributed by atoms with E-state index in [9.17, 15) is 13.2 Å². The lowest BCUT2D eigenvalue weighted by Crippen LogP contribution is -2.70. The van der Waals surface area contributed by atoms with Crippen LogP contribution in [0.4, 0.5) is 0 Å². The van der Waals surface area contributed by atoms with Gasteiger partial charge in [-0.05, 0) is 22.8 Å². The van der Waals surface area contributed by atoms with Crippen molar-refractivity contribution in [3.8, 4) is 0 Å². The van der Waals surface area contributed by atoms with Crippen molar-refractivity contribution >= 4 is 26.7 Å². The second kappa shape index (κ2) is 6.64. The maximum Gasteiger partial charge on any atom is 0.224 e. The highest BCUT2D eigenvalue weighted by Gasteiger charge is 2.55. The van der Waals surface area contributed by atoms with E-state index in [1.807, 2.05) is 42.5 Å². The van der Waals surface area contributed by atoms with Crippen LogP contribution in [0.3, 0.4) is 0 Å². The summed E-state index contributed by atoms with van der Waals surface area (Å²) >= 11 is 0. The smallest absolute Gasteiger partial charge is 0.224 e. The van der Waals surface area contributed by atoms with Crippen molar-refractivity contribution < 1.29 is 17.9 Å². The lowest BCUT2D eigenvalue weighted by Gasteiger charge is -2.47. The highest BCUT2D eigenvalue weighted by atomic mass is 32.2. The van der Waals surface area contributed by atoms with E-state index in [4.69, 9.17) is 4.74 Å². The summed E-state index contributed by atoms with van der Waals surface area (Å²) < 4.78 is 31.4. The van der Waals surface area contributed by atoms with E-state index in [-0.39, 0.29) is 30.4 Å². The van der Waals surface area contributed by atoms with Crippen molar-refractivity contribution in [1.29, 1.82) is 0 Å². The number of hydrogen-bond acceptors (Lipinski definition) is 4. The number of hydrogen-bond donors (Lipinski definition) is 2. The molecule has 2 N–H and O–H groups in total. The standard InChI is InChI=1S/C19H22N2O4S/c1-26(23,24)21-18-17(15-8-9-25-19(15)18)20-16(22)11-12-6-7-13-4-2-3-5-14(13)10-12/h2-7,10,15,17-19,21H,8-9,11H2,1H3,(H,20,22)/t15-,17+,18-,19-/m0/s1. The van der Waals surface area contributed by atoms with Gasteiger partial charge in [-0.25, -0.2) is 13.1 Å². The molecule has 0 aromatic heterocycles. The van der Waals surface area contributed by atoms with Crippen LogP contribution >= 0.6 is 0 Å². The molecule has 0 spiro atoms. The number of benzene rings is 2. The van der Waals surface area contributed by atoms with E-state index < -0.39 is 16.1 Å². The van der Waals surface area contributed by atoms with E-state index in [1.165, 1.54) is 0 Å². The molecule has 1 amide bonds. The first kappa shape index (κ1) is 17.5. The molecule has 138 valence electrons. The zero-order valence-electron chi connectivity index (χ0n) is 14.5. The average molecular weight is 374 g/mol.